The summed E-state index contributed by atoms with van der Waals surface area (Å²) in [6.45, 7) is 9.98. The molecule has 6 heteroatoms. The van der Waals surface area contributed by atoms with Gasteiger partial charge in [-0.15, -0.1) is 0 Å². The van der Waals surface area contributed by atoms with Crippen LogP contribution in [0.5, 0.6) is 0 Å². The molecule has 0 aliphatic carbocycles. The summed E-state index contributed by atoms with van der Waals surface area (Å²) in [4.78, 5) is 15.9. The first-order valence-corrected chi connectivity index (χ1v) is 8.11. The van der Waals surface area contributed by atoms with E-state index in [1.165, 1.54) is 6.26 Å². The molecule has 1 aromatic rings. The number of nitrogens with zero attached hydrogens (tertiary/aromatic N) is 1. The van der Waals surface area contributed by atoms with Crippen molar-refractivity contribution in [3.05, 3.63) is 24.2 Å². The highest BCUT2D eigenvalue weighted by Crippen LogP contribution is 2.21. The van der Waals surface area contributed by atoms with Gasteiger partial charge in [-0.05, 0) is 37.3 Å². The van der Waals surface area contributed by atoms with Gasteiger partial charge in [-0.2, -0.15) is 0 Å². The van der Waals surface area contributed by atoms with Crippen LogP contribution in [0.25, 0.3) is 0 Å². The maximum Gasteiger partial charge on any atom is 0.287 e. The predicted molar refractivity (Wildman–Crippen MR) is 93.7 cm³/mol. The predicted octanol–water partition coefficient (Wildman–Crippen LogP) is 2.39. The number of guanidine groups is 1. The average Bonchev–Trinajstić information content (AvgIpc) is 3.01. The monoisotopic (exact) mass is 322 g/mol. The Kier molecular flexibility index (Phi) is 7.65. The third-order valence-corrected chi connectivity index (χ3v) is 3.38. The van der Waals surface area contributed by atoms with Crippen LogP contribution in [-0.2, 0) is 0 Å². The van der Waals surface area contributed by atoms with Gasteiger partial charge < -0.3 is 20.4 Å². The van der Waals surface area contributed by atoms with Crippen molar-refractivity contribution in [2.75, 3.05) is 20.1 Å². The minimum absolute atomic E-state index is 0.210. The molecule has 0 saturated carbocycles. The SMILES string of the molecule is CN=C(NCCNC(=O)c1ccco1)NC(C)CCC(C)(C)C. The Bertz CT molecular complexity index is 489. The molecule has 0 spiro atoms. The Hall–Kier alpha value is -1.98. The zero-order valence-electron chi connectivity index (χ0n) is 14.9. The lowest BCUT2D eigenvalue weighted by molar-refractivity contribution is 0.0926. The minimum Gasteiger partial charge on any atom is -0.459 e. The molecule has 0 aromatic carbocycles. The summed E-state index contributed by atoms with van der Waals surface area (Å²) in [6.07, 6.45) is 3.72. The van der Waals surface area contributed by atoms with Gasteiger partial charge in [0, 0.05) is 26.2 Å². The number of carbonyl (C=O) groups excluding carboxylic acids is 1. The molecule has 1 atom stereocenters. The summed E-state index contributed by atoms with van der Waals surface area (Å²) < 4.78 is 5.03. The minimum atomic E-state index is -0.210. The van der Waals surface area contributed by atoms with E-state index in [2.05, 4.69) is 48.6 Å². The van der Waals surface area contributed by atoms with Gasteiger partial charge in [0.15, 0.2) is 11.7 Å². The van der Waals surface area contributed by atoms with Gasteiger partial charge in [0.25, 0.3) is 5.91 Å². The fraction of sp³-hybridized carbons (Fsp3) is 0.647. The normalized spacial score (nSPS) is 13.5. The summed E-state index contributed by atoms with van der Waals surface area (Å²) in [5.41, 5.74) is 0.336. The molecule has 130 valence electrons. The van der Waals surface area contributed by atoms with Crippen molar-refractivity contribution < 1.29 is 9.21 Å². The van der Waals surface area contributed by atoms with Gasteiger partial charge in [-0.3, -0.25) is 9.79 Å². The average molecular weight is 322 g/mol. The molecule has 0 aliphatic rings. The Morgan fingerprint density at radius 2 is 2.00 bits per heavy atom. The fourth-order valence-electron chi connectivity index (χ4n) is 2.00. The van der Waals surface area contributed by atoms with Crippen LogP contribution in [0.3, 0.4) is 0 Å². The number of hydrogen-bond acceptors (Lipinski definition) is 3. The van der Waals surface area contributed by atoms with E-state index >= 15 is 0 Å². The van der Waals surface area contributed by atoms with E-state index in [0.717, 1.165) is 18.8 Å². The van der Waals surface area contributed by atoms with Crippen molar-refractivity contribution in [2.24, 2.45) is 10.4 Å². The summed E-state index contributed by atoms with van der Waals surface area (Å²) >= 11 is 0. The first-order valence-electron chi connectivity index (χ1n) is 8.11. The molecular formula is C17H30N4O2. The maximum atomic E-state index is 11.7. The largest absolute Gasteiger partial charge is 0.459 e. The highest BCUT2D eigenvalue weighted by molar-refractivity contribution is 5.91. The van der Waals surface area contributed by atoms with E-state index in [9.17, 15) is 4.79 Å². The molecule has 3 N–H and O–H groups in total. The lowest BCUT2D eigenvalue weighted by Crippen LogP contribution is -2.45. The highest BCUT2D eigenvalue weighted by atomic mass is 16.3. The second-order valence-electron chi connectivity index (χ2n) is 6.88. The van der Waals surface area contributed by atoms with Gasteiger partial charge in [0.1, 0.15) is 0 Å². The Morgan fingerprint density at radius 1 is 1.30 bits per heavy atom. The number of rotatable bonds is 7. The number of nitrogens with one attached hydrogen (secondary N) is 3. The Labute approximate surface area is 139 Å². The fourth-order valence-corrected chi connectivity index (χ4v) is 2.00. The van der Waals surface area contributed by atoms with Crippen LogP contribution in [0, 0.1) is 5.41 Å². The third-order valence-electron chi connectivity index (χ3n) is 3.38. The zero-order chi connectivity index (χ0) is 17.3. The second-order valence-corrected chi connectivity index (χ2v) is 6.88. The van der Waals surface area contributed by atoms with Gasteiger partial charge in [0.2, 0.25) is 0 Å². The lowest BCUT2D eigenvalue weighted by atomic mass is 9.89. The summed E-state index contributed by atoms with van der Waals surface area (Å²) in [7, 11) is 1.74. The smallest absolute Gasteiger partial charge is 0.287 e. The molecule has 23 heavy (non-hydrogen) atoms. The molecular weight excluding hydrogens is 292 g/mol. The molecule has 1 unspecified atom stereocenters. The summed E-state index contributed by atoms with van der Waals surface area (Å²) in [5, 5.41) is 9.34. The molecule has 1 heterocycles. The highest BCUT2D eigenvalue weighted by Gasteiger charge is 2.13. The van der Waals surface area contributed by atoms with Crippen molar-refractivity contribution in [1.29, 1.82) is 0 Å². The van der Waals surface area contributed by atoms with Gasteiger partial charge in [-0.25, -0.2) is 0 Å². The molecule has 0 aliphatic heterocycles. The number of furan rings is 1. The number of carbonyl (C=O) groups is 1. The molecule has 1 amide bonds. The number of amides is 1. The van der Waals surface area contributed by atoms with Crippen LogP contribution in [0.15, 0.2) is 27.8 Å². The Balaban J connectivity index is 2.22. The lowest BCUT2D eigenvalue weighted by Gasteiger charge is -2.23. The molecule has 1 aromatic heterocycles. The first-order chi connectivity index (χ1) is 10.8. The van der Waals surface area contributed by atoms with Gasteiger partial charge in [-0.1, -0.05) is 20.8 Å². The maximum absolute atomic E-state index is 11.7. The standard InChI is InChI=1S/C17H30N4O2/c1-13(8-9-17(2,3)4)21-16(18-5)20-11-10-19-15(22)14-7-6-12-23-14/h6-7,12-13H,8-11H2,1-5H3,(H,19,22)(H2,18,20,21). The topological polar surface area (TPSA) is 78.7 Å². The van der Waals surface area contributed by atoms with Gasteiger partial charge in [0.05, 0.1) is 6.26 Å². The van der Waals surface area contributed by atoms with E-state index in [-0.39, 0.29) is 5.91 Å². The van der Waals surface area contributed by atoms with Crippen molar-refractivity contribution >= 4 is 11.9 Å². The van der Waals surface area contributed by atoms with Crippen molar-refractivity contribution in [2.45, 2.75) is 46.6 Å². The second kappa shape index (κ2) is 9.22. The van der Waals surface area contributed by atoms with E-state index < -0.39 is 0 Å². The quantitative estimate of drug-likeness (QED) is 0.409. The summed E-state index contributed by atoms with van der Waals surface area (Å²) in [6, 6.07) is 3.68. The molecule has 0 radical (unpaired) electrons. The van der Waals surface area contributed by atoms with E-state index in [1.54, 1.807) is 19.2 Å². The van der Waals surface area contributed by atoms with Crippen LogP contribution in [-0.4, -0.2) is 38.0 Å². The van der Waals surface area contributed by atoms with E-state index in [0.29, 0.717) is 30.3 Å². The first kappa shape index (κ1) is 19.1. The van der Waals surface area contributed by atoms with Crippen LogP contribution < -0.4 is 16.0 Å². The van der Waals surface area contributed by atoms with E-state index in [4.69, 9.17) is 4.42 Å². The molecule has 1 rings (SSSR count). The third kappa shape index (κ3) is 8.28. The molecule has 0 bridgehead atoms. The van der Waals surface area contributed by atoms with Crippen molar-refractivity contribution in [3.63, 3.8) is 0 Å². The van der Waals surface area contributed by atoms with E-state index in [1.807, 2.05) is 0 Å². The van der Waals surface area contributed by atoms with Gasteiger partial charge >= 0.3 is 0 Å². The van der Waals surface area contributed by atoms with Crippen LogP contribution in [0.2, 0.25) is 0 Å². The van der Waals surface area contributed by atoms with Crippen LogP contribution in [0.1, 0.15) is 51.1 Å². The molecule has 6 nitrogen and oxygen atoms in total. The number of hydrogen-bond donors (Lipinski definition) is 3. The number of aliphatic imine (C=N–C) groups is 1. The summed E-state index contributed by atoms with van der Waals surface area (Å²) in [5.74, 6) is 0.861. The Morgan fingerprint density at radius 3 is 2.57 bits per heavy atom. The van der Waals surface area contributed by atoms with Crippen LogP contribution >= 0.6 is 0 Å². The van der Waals surface area contributed by atoms with Crippen molar-refractivity contribution in [1.82, 2.24) is 16.0 Å². The molecule has 0 fully saturated rings. The van der Waals surface area contributed by atoms with Crippen molar-refractivity contribution in [3.8, 4) is 0 Å². The zero-order valence-corrected chi connectivity index (χ0v) is 14.9. The molecule has 0 saturated heterocycles. The van der Waals surface area contributed by atoms with Crippen LogP contribution in [0.4, 0.5) is 0 Å².